The van der Waals surface area contributed by atoms with E-state index in [9.17, 15) is 9.59 Å². The second-order valence-electron chi connectivity index (χ2n) is 12.0. The molecule has 0 fully saturated rings. The van der Waals surface area contributed by atoms with Crippen LogP contribution in [-0.2, 0) is 46.6 Å². The van der Waals surface area contributed by atoms with Gasteiger partial charge in [0.25, 0.3) is 0 Å². The van der Waals surface area contributed by atoms with E-state index in [1.54, 1.807) is 0 Å². The number of fused-ring (bicyclic) bond motifs is 1. The molecule has 0 heterocycles. The molecular formula is C40H45NO5. The Balaban J connectivity index is 1.21. The molecule has 240 valence electrons. The topological polar surface area (TPSA) is 65.1 Å². The molecular weight excluding hydrogens is 574 g/mol. The van der Waals surface area contributed by atoms with Crippen molar-refractivity contribution in [2.24, 2.45) is 0 Å². The molecule has 0 radical (unpaired) electrons. The Morgan fingerprint density at radius 3 is 2.22 bits per heavy atom. The van der Waals surface area contributed by atoms with Gasteiger partial charge < -0.3 is 14.2 Å². The van der Waals surface area contributed by atoms with E-state index in [1.807, 2.05) is 18.2 Å². The number of nitrogens with zero attached hydrogens (tertiary/aromatic N) is 1. The summed E-state index contributed by atoms with van der Waals surface area (Å²) in [5, 5.41) is 0. The zero-order valence-corrected chi connectivity index (χ0v) is 27.1. The zero-order chi connectivity index (χ0) is 32.1. The molecule has 1 aliphatic rings. The Morgan fingerprint density at radius 2 is 1.46 bits per heavy atom. The number of rotatable bonds is 16. The molecule has 46 heavy (non-hydrogen) atoms. The summed E-state index contributed by atoms with van der Waals surface area (Å²) in [7, 11) is 2.86. The van der Waals surface area contributed by atoms with Crippen molar-refractivity contribution in [3.05, 3.63) is 136 Å². The molecule has 6 heteroatoms. The van der Waals surface area contributed by atoms with E-state index in [0.717, 1.165) is 69.3 Å². The van der Waals surface area contributed by atoms with Crippen molar-refractivity contribution in [1.82, 2.24) is 4.90 Å². The van der Waals surface area contributed by atoms with Crippen LogP contribution in [-0.4, -0.2) is 44.1 Å². The highest BCUT2D eigenvalue weighted by atomic mass is 16.5. The molecule has 4 aromatic carbocycles. The van der Waals surface area contributed by atoms with Gasteiger partial charge >= 0.3 is 11.9 Å². The van der Waals surface area contributed by atoms with Crippen LogP contribution in [0.1, 0.15) is 75.5 Å². The van der Waals surface area contributed by atoms with Gasteiger partial charge in [-0.2, -0.15) is 0 Å². The molecule has 0 N–H and O–H groups in total. The highest BCUT2D eigenvalue weighted by Gasteiger charge is 2.28. The number of carbonyl (C=O) groups is 2. The molecule has 0 bridgehead atoms. The molecule has 0 saturated heterocycles. The average Bonchev–Trinajstić information content (AvgIpc) is 3.53. The maximum atomic E-state index is 12.1. The molecule has 1 aliphatic carbocycles. The minimum Gasteiger partial charge on any atom is -0.489 e. The number of esters is 2. The lowest BCUT2D eigenvalue weighted by Gasteiger charge is -2.30. The van der Waals surface area contributed by atoms with Gasteiger partial charge in [0, 0.05) is 19.0 Å². The zero-order valence-electron chi connectivity index (χ0n) is 27.1. The molecule has 6 nitrogen and oxygen atoms in total. The molecule has 5 rings (SSSR count). The number of para-hydroxylation sites is 1. The summed E-state index contributed by atoms with van der Waals surface area (Å²) in [4.78, 5) is 26.4. The van der Waals surface area contributed by atoms with Gasteiger partial charge in [-0.05, 0) is 103 Å². The summed E-state index contributed by atoms with van der Waals surface area (Å²) in [6.45, 7) is 2.25. The van der Waals surface area contributed by atoms with E-state index in [-0.39, 0.29) is 18.0 Å². The van der Waals surface area contributed by atoms with Crippen molar-refractivity contribution in [3.63, 3.8) is 0 Å². The van der Waals surface area contributed by atoms with Gasteiger partial charge in [0.15, 0.2) is 0 Å². The van der Waals surface area contributed by atoms with Crippen LogP contribution in [0.4, 0.5) is 0 Å². The van der Waals surface area contributed by atoms with Crippen molar-refractivity contribution >= 4 is 11.9 Å². The van der Waals surface area contributed by atoms with Crippen LogP contribution in [0.3, 0.4) is 0 Å². The minimum atomic E-state index is -0.304. The summed E-state index contributed by atoms with van der Waals surface area (Å²) in [6.07, 6.45) is 6.94. The summed E-state index contributed by atoms with van der Waals surface area (Å²) in [5.74, 6) is 0.443. The molecule has 0 saturated carbocycles. The first-order valence-electron chi connectivity index (χ1n) is 16.4. The normalized spacial score (nSPS) is 13.8. The SMILES string of the molecule is COC(=O)CCCCN(CCc1ccccc1OCc1ccc(CCc2ccccc2)cc1)C1CCc2cc(C(=O)OC)ccc21. The molecule has 0 aromatic heterocycles. The van der Waals surface area contributed by atoms with Crippen LogP contribution in [0.15, 0.2) is 97.1 Å². The smallest absolute Gasteiger partial charge is 0.337 e. The highest BCUT2D eigenvalue weighted by molar-refractivity contribution is 5.89. The molecule has 0 aliphatic heterocycles. The molecule has 4 aromatic rings. The largest absolute Gasteiger partial charge is 0.489 e. The van der Waals surface area contributed by atoms with E-state index in [2.05, 4.69) is 83.8 Å². The number of hydrogen-bond acceptors (Lipinski definition) is 6. The van der Waals surface area contributed by atoms with Crippen molar-refractivity contribution in [2.75, 3.05) is 27.3 Å². The van der Waals surface area contributed by atoms with Crippen molar-refractivity contribution < 1.29 is 23.8 Å². The predicted octanol–water partition coefficient (Wildman–Crippen LogP) is 7.71. The van der Waals surface area contributed by atoms with E-state index in [4.69, 9.17) is 14.2 Å². The minimum absolute atomic E-state index is 0.166. The summed E-state index contributed by atoms with van der Waals surface area (Å²) in [6, 6.07) is 33.9. The third-order valence-corrected chi connectivity index (χ3v) is 8.96. The standard InChI is InChI=1S/C40H45NO5/c1-44-39(42)14-8-9-26-41(37-24-22-34-28-35(40(43)45-2)21-23-36(34)37)27-25-33-12-6-7-13-38(33)46-29-32-19-17-31(18-20-32)16-15-30-10-4-3-5-11-30/h3-7,10-13,17-21,23,28,37H,8-9,14-16,22,24-27,29H2,1-2H3. The van der Waals surface area contributed by atoms with Gasteiger partial charge in [0.05, 0.1) is 19.8 Å². The van der Waals surface area contributed by atoms with Crippen molar-refractivity contribution in [3.8, 4) is 5.75 Å². The van der Waals surface area contributed by atoms with Crippen molar-refractivity contribution in [1.29, 1.82) is 0 Å². The number of unbranched alkanes of at least 4 members (excludes halogenated alkanes) is 1. The molecule has 1 atom stereocenters. The maximum absolute atomic E-state index is 12.1. The quantitative estimate of drug-likeness (QED) is 0.0946. The lowest BCUT2D eigenvalue weighted by atomic mass is 10.0. The summed E-state index contributed by atoms with van der Waals surface area (Å²) < 4.78 is 16.2. The third-order valence-electron chi connectivity index (χ3n) is 8.96. The Bertz CT molecular complexity index is 1570. The van der Waals surface area contributed by atoms with Gasteiger partial charge in [-0.3, -0.25) is 9.69 Å². The fourth-order valence-electron chi connectivity index (χ4n) is 6.34. The number of methoxy groups -OCH3 is 2. The van der Waals surface area contributed by atoms with Crippen LogP contribution in [0.2, 0.25) is 0 Å². The highest BCUT2D eigenvalue weighted by Crippen LogP contribution is 2.37. The first-order valence-corrected chi connectivity index (χ1v) is 16.4. The van der Waals surface area contributed by atoms with Crippen LogP contribution in [0, 0.1) is 0 Å². The predicted molar refractivity (Wildman–Crippen MR) is 181 cm³/mol. The van der Waals surface area contributed by atoms with Crippen LogP contribution < -0.4 is 4.74 Å². The Morgan fingerprint density at radius 1 is 0.739 bits per heavy atom. The van der Waals surface area contributed by atoms with Gasteiger partial charge in [-0.25, -0.2) is 4.79 Å². The molecule has 1 unspecified atom stereocenters. The maximum Gasteiger partial charge on any atom is 0.337 e. The third kappa shape index (κ3) is 9.07. The van der Waals surface area contributed by atoms with Crippen LogP contribution in [0.5, 0.6) is 5.75 Å². The summed E-state index contributed by atoms with van der Waals surface area (Å²) in [5.41, 5.74) is 8.10. The number of carbonyl (C=O) groups excluding carboxylic acids is 2. The summed E-state index contributed by atoms with van der Waals surface area (Å²) >= 11 is 0. The molecule has 0 amide bonds. The van der Waals surface area contributed by atoms with E-state index in [0.29, 0.717) is 18.6 Å². The van der Waals surface area contributed by atoms with Gasteiger partial charge in [-0.15, -0.1) is 0 Å². The van der Waals surface area contributed by atoms with E-state index < -0.39 is 0 Å². The average molecular weight is 620 g/mol. The Labute approximate surface area is 273 Å². The molecule has 0 spiro atoms. The van der Waals surface area contributed by atoms with E-state index >= 15 is 0 Å². The lowest BCUT2D eigenvalue weighted by molar-refractivity contribution is -0.140. The number of ether oxygens (including phenoxy) is 3. The van der Waals surface area contributed by atoms with Crippen LogP contribution in [0.25, 0.3) is 0 Å². The first-order chi connectivity index (χ1) is 22.5. The number of hydrogen-bond donors (Lipinski definition) is 0. The first kappa shape index (κ1) is 33.0. The number of benzene rings is 4. The monoisotopic (exact) mass is 619 g/mol. The van der Waals surface area contributed by atoms with E-state index in [1.165, 1.54) is 42.0 Å². The lowest BCUT2D eigenvalue weighted by Crippen LogP contribution is -2.31. The number of aryl methyl sites for hydroxylation is 3. The fourth-order valence-corrected chi connectivity index (χ4v) is 6.34. The second kappa shape index (κ2) is 16.8. The van der Waals surface area contributed by atoms with Gasteiger partial charge in [0.2, 0.25) is 0 Å². The fraction of sp³-hybridized carbons (Fsp3) is 0.350. The van der Waals surface area contributed by atoms with Gasteiger partial charge in [-0.1, -0.05) is 78.9 Å². The van der Waals surface area contributed by atoms with Gasteiger partial charge in [0.1, 0.15) is 12.4 Å². The van der Waals surface area contributed by atoms with Crippen molar-refractivity contribution in [2.45, 2.75) is 64.0 Å². The Hall–Kier alpha value is -4.42. The Kier molecular flexibility index (Phi) is 12.0. The van der Waals surface area contributed by atoms with Crippen LogP contribution >= 0.6 is 0 Å². The second-order valence-corrected chi connectivity index (χ2v) is 12.0.